The Kier molecular flexibility index (Phi) is 5.04. The van der Waals surface area contributed by atoms with Crippen molar-refractivity contribution in [2.24, 2.45) is 0 Å². The Bertz CT molecular complexity index is 1200. The van der Waals surface area contributed by atoms with Crippen LogP contribution in [0.25, 0.3) is 22.3 Å². The normalized spacial score (nSPS) is 10.8. The first-order valence-corrected chi connectivity index (χ1v) is 9.49. The Morgan fingerprint density at radius 1 is 0.893 bits per heavy atom. The number of nitrogens with one attached hydrogen (secondary N) is 1. The molecule has 0 aliphatic carbocycles. The van der Waals surface area contributed by atoms with Gasteiger partial charge in [0.1, 0.15) is 17.3 Å². The largest absolute Gasteiger partial charge is 0.497 e. The molecule has 0 saturated heterocycles. The number of H-pyrrole nitrogens is 1. The fourth-order valence-electron chi connectivity index (χ4n) is 2.95. The van der Waals surface area contributed by atoms with Gasteiger partial charge in [0.15, 0.2) is 0 Å². The van der Waals surface area contributed by atoms with Gasteiger partial charge in [0.2, 0.25) is 0 Å². The van der Waals surface area contributed by atoms with Crippen molar-refractivity contribution in [2.45, 2.75) is 9.79 Å². The van der Waals surface area contributed by atoms with Crippen LogP contribution in [0.2, 0.25) is 0 Å². The molecule has 4 aromatic rings. The molecule has 0 fully saturated rings. The highest BCUT2D eigenvalue weighted by Gasteiger charge is 2.13. The molecular weight excluding hydrogens is 372 g/mol. The number of ether oxygens (including phenoxy) is 2. The Hall–Kier alpha value is -3.25. The van der Waals surface area contributed by atoms with Gasteiger partial charge in [0.05, 0.1) is 30.0 Å². The van der Waals surface area contributed by atoms with E-state index in [4.69, 9.17) is 9.47 Å². The number of hydrogen-bond donors (Lipinski definition) is 1. The average Bonchev–Trinajstić information content (AvgIpc) is 2.74. The maximum atomic E-state index is 12.5. The number of fused-ring (bicyclic) bond motifs is 1. The van der Waals surface area contributed by atoms with Crippen LogP contribution in [0.1, 0.15) is 0 Å². The summed E-state index contributed by atoms with van der Waals surface area (Å²) in [5.41, 5.74) is 1.36. The molecule has 0 amide bonds. The second-order valence-electron chi connectivity index (χ2n) is 6.05. The number of nitrogens with zero attached hydrogens (tertiary/aromatic N) is 1. The SMILES string of the molecule is COc1ccc(OC)c(Sc2ccccc2-c2nc3ccccc3c(=O)[nH]2)c1. The van der Waals surface area contributed by atoms with E-state index in [0.717, 1.165) is 26.9 Å². The minimum Gasteiger partial charge on any atom is -0.497 e. The Labute approximate surface area is 166 Å². The van der Waals surface area contributed by atoms with E-state index in [0.29, 0.717) is 16.7 Å². The molecule has 0 atom stereocenters. The molecule has 0 unspecified atom stereocenters. The van der Waals surface area contributed by atoms with Gasteiger partial charge >= 0.3 is 0 Å². The summed E-state index contributed by atoms with van der Waals surface area (Å²) >= 11 is 1.53. The van der Waals surface area contributed by atoms with Crippen molar-refractivity contribution in [3.63, 3.8) is 0 Å². The lowest BCUT2D eigenvalue weighted by Crippen LogP contribution is -2.09. The molecule has 1 aromatic heterocycles. The molecule has 28 heavy (non-hydrogen) atoms. The highest BCUT2D eigenvalue weighted by Crippen LogP contribution is 2.40. The van der Waals surface area contributed by atoms with E-state index in [1.807, 2.05) is 60.7 Å². The van der Waals surface area contributed by atoms with Gasteiger partial charge in [-0.2, -0.15) is 0 Å². The van der Waals surface area contributed by atoms with Crippen molar-refractivity contribution in [2.75, 3.05) is 14.2 Å². The quantitative estimate of drug-likeness (QED) is 0.532. The van der Waals surface area contributed by atoms with E-state index in [1.165, 1.54) is 11.8 Å². The summed E-state index contributed by atoms with van der Waals surface area (Å²) in [5.74, 6) is 2.03. The number of methoxy groups -OCH3 is 2. The smallest absolute Gasteiger partial charge is 0.259 e. The van der Waals surface area contributed by atoms with Crippen LogP contribution in [0.4, 0.5) is 0 Å². The molecule has 1 heterocycles. The Morgan fingerprint density at radius 2 is 1.68 bits per heavy atom. The van der Waals surface area contributed by atoms with Gasteiger partial charge in [0.25, 0.3) is 5.56 Å². The molecule has 0 aliphatic rings. The summed E-state index contributed by atoms with van der Waals surface area (Å²) in [7, 11) is 3.27. The molecule has 0 spiro atoms. The second-order valence-corrected chi connectivity index (χ2v) is 7.13. The molecule has 5 nitrogen and oxygen atoms in total. The average molecular weight is 390 g/mol. The third-order valence-corrected chi connectivity index (χ3v) is 5.46. The Balaban J connectivity index is 1.82. The van der Waals surface area contributed by atoms with Crippen molar-refractivity contribution in [1.82, 2.24) is 9.97 Å². The molecule has 0 radical (unpaired) electrons. The van der Waals surface area contributed by atoms with Crippen molar-refractivity contribution in [1.29, 1.82) is 0 Å². The van der Waals surface area contributed by atoms with Crippen molar-refractivity contribution in [3.8, 4) is 22.9 Å². The van der Waals surface area contributed by atoms with Crippen molar-refractivity contribution in [3.05, 3.63) is 77.1 Å². The standard InChI is InChI=1S/C22H18N2O3S/c1-26-14-11-12-18(27-2)20(13-14)28-19-10-6-4-8-16(19)21-23-17-9-5-3-7-15(17)22(25)24-21/h3-13H,1-2H3,(H,23,24,25). The van der Waals surface area contributed by atoms with E-state index < -0.39 is 0 Å². The molecule has 0 saturated carbocycles. The maximum absolute atomic E-state index is 12.5. The minimum atomic E-state index is -0.153. The van der Waals surface area contributed by atoms with Crippen molar-refractivity contribution >= 4 is 22.7 Å². The van der Waals surface area contributed by atoms with E-state index in [2.05, 4.69) is 9.97 Å². The van der Waals surface area contributed by atoms with Crippen LogP contribution < -0.4 is 15.0 Å². The molecule has 4 rings (SSSR count). The van der Waals surface area contributed by atoms with Crippen LogP contribution >= 0.6 is 11.8 Å². The van der Waals surface area contributed by atoms with E-state index >= 15 is 0 Å². The number of aromatic nitrogens is 2. The second kappa shape index (κ2) is 7.78. The summed E-state index contributed by atoms with van der Waals surface area (Å²) in [5, 5.41) is 0.575. The third-order valence-electron chi connectivity index (χ3n) is 4.35. The fourth-order valence-corrected chi connectivity index (χ4v) is 4.03. The molecule has 3 aromatic carbocycles. The predicted octanol–water partition coefficient (Wildman–Crippen LogP) is 4.76. The number of benzene rings is 3. The first-order chi connectivity index (χ1) is 13.7. The van der Waals surface area contributed by atoms with Crippen LogP contribution in [0.3, 0.4) is 0 Å². The first-order valence-electron chi connectivity index (χ1n) is 8.68. The van der Waals surface area contributed by atoms with E-state index in [-0.39, 0.29) is 5.56 Å². The zero-order chi connectivity index (χ0) is 19.5. The summed E-state index contributed by atoms with van der Waals surface area (Å²) < 4.78 is 10.8. The van der Waals surface area contributed by atoms with Crippen LogP contribution in [-0.4, -0.2) is 24.2 Å². The monoisotopic (exact) mass is 390 g/mol. The fraction of sp³-hybridized carbons (Fsp3) is 0.0909. The zero-order valence-corrected chi connectivity index (χ0v) is 16.2. The zero-order valence-electron chi connectivity index (χ0n) is 15.4. The predicted molar refractivity (Wildman–Crippen MR) is 111 cm³/mol. The van der Waals surface area contributed by atoms with Gasteiger partial charge in [0, 0.05) is 10.5 Å². The van der Waals surface area contributed by atoms with Crippen LogP contribution in [-0.2, 0) is 0 Å². The molecule has 0 aliphatic heterocycles. The van der Waals surface area contributed by atoms with E-state index in [9.17, 15) is 4.79 Å². The number of aromatic amines is 1. The van der Waals surface area contributed by atoms with Gasteiger partial charge in [-0.3, -0.25) is 4.79 Å². The number of rotatable bonds is 5. The van der Waals surface area contributed by atoms with Gasteiger partial charge < -0.3 is 14.5 Å². The van der Waals surface area contributed by atoms with Crippen LogP contribution in [0.5, 0.6) is 11.5 Å². The van der Waals surface area contributed by atoms with Gasteiger partial charge in [-0.25, -0.2) is 4.98 Å². The molecule has 6 heteroatoms. The highest BCUT2D eigenvalue weighted by atomic mass is 32.2. The molecule has 1 N–H and O–H groups in total. The topological polar surface area (TPSA) is 64.2 Å². The Morgan fingerprint density at radius 3 is 2.50 bits per heavy atom. The first kappa shape index (κ1) is 18.1. The van der Waals surface area contributed by atoms with Crippen LogP contribution in [0, 0.1) is 0 Å². The molecule has 140 valence electrons. The lowest BCUT2D eigenvalue weighted by Gasteiger charge is -2.13. The van der Waals surface area contributed by atoms with Gasteiger partial charge in [-0.05, 0) is 36.4 Å². The summed E-state index contributed by atoms with van der Waals surface area (Å²) in [4.78, 5) is 21.9. The minimum absolute atomic E-state index is 0.153. The number of para-hydroxylation sites is 1. The number of hydrogen-bond acceptors (Lipinski definition) is 5. The van der Waals surface area contributed by atoms with Gasteiger partial charge in [-0.15, -0.1) is 0 Å². The van der Waals surface area contributed by atoms with Gasteiger partial charge in [-0.1, -0.05) is 42.1 Å². The summed E-state index contributed by atoms with van der Waals surface area (Å²) in [6.07, 6.45) is 0. The third kappa shape index (κ3) is 3.46. The highest BCUT2D eigenvalue weighted by molar-refractivity contribution is 7.99. The maximum Gasteiger partial charge on any atom is 0.259 e. The lowest BCUT2D eigenvalue weighted by molar-refractivity contribution is 0.394. The van der Waals surface area contributed by atoms with Crippen molar-refractivity contribution < 1.29 is 9.47 Å². The molecule has 0 bridgehead atoms. The summed E-state index contributed by atoms with van der Waals surface area (Å²) in [6, 6.07) is 20.8. The van der Waals surface area contributed by atoms with E-state index in [1.54, 1.807) is 20.3 Å². The lowest BCUT2D eigenvalue weighted by atomic mass is 10.2. The molecular formula is C22H18N2O3S. The summed E-state index contributed by atoms with van der Waals surface area (Å²) in [6.45, 7) is 0. The van der Waals surface area contributed by atoms with Crippen LogP contribution in [0.15, 0.2) is 81.3 Å².